The van der Waals surface area contributed by atoms with Crippen LogP contribution in [0.1, 0.15) is 30.5 Å². The predicted octanol–water partition coefficient (Wildman–Crippen LogP) is 4.46. The Morgan fingerprint density at radius 1 is 1.10 bits per heavy atom. The minimum absolute atomic E-state index is 0.314. The summed E-state index contributed by atoms with van der Waals surface area (Å²) in [6.45, 7) is 2.85. The number of hydrogen-bond donors (Lipinski definition) is 2. The topological polar surface area (TPSA) is 122 Å². The molecule has 0 atom stereocenters. The summed E-state index contributed by atoms with van der Waals surface area (Å²) >= 11 is 0. The number of pyridine rings is 2. The second-order valence-corrected chi connectivity index (χ2v) is 10.7. The van der Waals surface area contributed by atoms with Gasteiger partial charge in [0.1, 0.15) is 18.2 Å². The van der Waals surface area contributed by atoms with Crippen molar-refractivity contribution < 1.29 is 31.1 Å². The molecule has 0 unspecified atom stereocenters. The van der Waals surface area contributed by atoms with Gasteiger partial charge in [0, 0.05) is 24.8 Å². The van der Waals surface area contributed by atoms with Crippen LogP contribution in [0, 0.1) is 24.4 Å². The number of halogens is 3. The van der Waals surface area contributed by atoms with E-state index >= 15 is 4.39 Å². The fourth-order valence-corrected chi connectivity index (χ4v) is 5.74. The van der Waals surface area contributed by atoms with Crippen LogP contribution in [0.5, 0.6) is 11.6 Å². The molecule has 2 N–H and O–H groups in total. The molecule has 0 bridgehead atoms. The number of aryl methyl sites for hydroxylation is 1. The molecule has 0 amide bonds. The zero-order valence-electron chi connectivity index (χ0n) is 21.1. The Morgan fingerprint density at radius 3 is 2.62 bits per heavy atom. The maximum atomic E-state index is 15.5. The molecule has 5 rings (SSSR count). The average molecular weight is 563 g/mol. The Bertz CT molecular complexity index is 1640. The lowest BCUT2D eigenvalue weighted by Gasteiger charge is -2.30. The number of sulfonamides is 1. The third-order valence-electron chi connectivity index (χ3n) is 6.44. The molecule has 1 aliphatic rings. The van der Waals surface area contributed by atoms with E-state index in [4.69, 9.17) is 9.47 Å². The summed E-state index contributed by atoms with van der Waals surface area (Å²) in [5, 5.41) is 7.88. The predicted molar refractivity (Wildman–Crippen MR) is 137 cm³/mol. The SMILES string of the molecule is COc1ncc(F)cc1S(=O)(=O)Nc1ccc(F)c(COc2cnc3n[nH]c(C)c3c2N2CCCCC2)c1F. The molecule has 1 aliphatic heterocycles. The third-order valence-corrected chi connectivity index (χ3v) is 7.80. The average Bonchev–Trinajstić information content (AvgIpc) is 3.31. The number of nitrogens with zero attached hydrogens (tertiary/aromatic N) is 4. The number of anilines is 2. The lowest BCUT2D eigenvalue weighted by atomic mass is 10.1. The number of nitrogens with one attached hydrogen (secondary N) is 2. The van der Waals surface area contributed by atoms with Crippen molar-refractivity contribution in [2.75, 3.05) is 29.8 Å². The lowest BCUT2D eigenvalue weighted by molar-refractivity contribution is 0.292. The van der Waals surface area contributed by atoms with Crippen LogP contribution in [0.15, 0.2) is 35.5 Å². The number of methoxy groups -OCH3 is 1. The molecular weight excluding hydrogens is 537 g/mol. The number of hydrogen-bond acceptors (Lipinski definition) is 8. The Hall–Kier alpha value is -4.07. The molecule has 0 aliphatic carbocycles. The van der Waals surface area contributed by atoms with Gasteiger partial charge in [-0.25, -0.2) is 31.6 Å². The van der Waals surface area contributed by atoms with Crippen molar-refractivity contribution in [3.05, 3.63) is 59.3 Å². The highest BCUT2D eigenvalue weighted by atomic mass is 32.2. The molecule has 10 nitrogen and oxygen atoms in total. The summed E-state index contributed by atoms with van der Waals surface area (Å²) in [4.78, 5) is 9.40. The van der Waals surface area contributed by atoms with E-state index in [0.29, 0.717) is 17.5 Å². The third kappa shape index (κ3) is 5.15. The van der Waals surface area contributed by atoms with Crippen LogP contribution < -0.4 is 19.1 Å². The first kappa shape index (κ1) is 26.5. The monoisotopic (exact) mass is 562 g/mol. The Morgan fingerprint density at radius 2 is 1.87 bits per heavy atom. The summed E-state index contributed by atoms with van der Waals surface area (Å²) in [5.41, 5.74) is 0.940. The van der Waals surface area contributed by atoms with Crippen LogP contribution in [-0.4, -0.2) is 48.8 Å². The number of ether oxygens (including phenoxy) is 2. The van der Waals surface area contributed by atoms with Gasteiger partial charge in [-0.2, -0.15) is 5.10 Å². The fourth-order valence-electron chi connectivity index (χ4n) is 4.55. The van der Waals surface area contributed by atoms with Crippen LogP contribution >= 0.6 is 0 Å². The number of piperidine rings is 1. The summed E-state index contributed by atoms with van der Waals surface area (Å²) in [5.74, 6) is -3.14. The molecule has 0 spiro atoms. The van der Waals surface area contributed by atoms with E-state index in [-0.39, 0.29) is 0 Å². The van der Waals surface area contributed by atoms with Crippen LogP contribution in [-0.2, 0) is 16.6 Å². The highest BCUT2D eigenvalue weighted by Crippen LogP contribution is 2.38. The number of rotatable bonds is 8. The Balaban J connectivity index is 1.46. The van der Waals surface area contributed by atoms with Gasteiger partial charge in [0.15, 0.2) is 22.1 Å². The Labute approximate surface area is 222 Å². The Kier molecular flexibility index (Phi) is 7.21. The van der Waals surface area contributed by atoms with E-state index in [1.54, 1.807) is 0 Å². The molecular formula is C25H25F3N6O4S. The van der Waals surface area contributed by atoms with Crippen LogP contribution in [0.4, 0.5) is 24.5 Å². The van der Waals surface area contributed by atoms with Crippen molar-refractivity contribution in [3.63, 3.8) is 0 Å². The van der Waals surface area contributed by atoms with Crippen LogP contribution in [0.25, 0.3) is 11.0 Å². The van der Waals surface area contributed by atoms with Gasteiger partial charge in [-0.05, 0) is 38.3 Å². The molecule has 206 valence electrons. The van der Waals surface area contributed by atoms with E-state index < -0.39 is 56.1 Å². The molecule has 4 aromatic rings. The van der Waals surface area contributed by atoms with Crippen molar-refractivity contribution in [2.45, 2.75) is 37.7 Å². The fraction of sp³-hybridized carbons (Fsp3) is 0.320. The minimum Gasteiger partial charge on any atom is -0.485 e. The van der Waals surface area contributed by atoms with Crippen molar-refractivity contribution in [2.24, 2.45) is 0 Å². The zero-order chi connectivity index (χ0) is 27.7. The van der Waals surface area contributed by atoms with Crippen LogP contribution in [0.2, 0.25) is 0 Å². The number of aromatic amines is 1. The van der Waals surface area contributed by atoms with Gasteiger partial charge in [-0.1, -0.05) is 0 Å². The quantitative estimate of drug-likeness (QED) is 0.323. The van der Waals surface area contributed by atoms with E-state index in [1.165, 1.54) is 6.20 Å². The summed E-state index contributed by atoms with van der Waals surface area (Å²) in [7, 11) is -3.39. The maximum absolute atomic E-state index is 15.5. The smallest absolute Gasteiger partial charge is 0.267 e. The highest BCUT2D eigenvalue weighted by molar-refractivity contribution is 7.92. The first-order valence-corrected chi connectivity index (χ1v) is 13.6. The van der Waals surface area contributed by atoms with Gasteiger partial charge >= 0.3 is 0 Å². The van der Waals surface area contributed by atoms with E-state index in [1.807, 2.05) is 11.6 Å². The standard InChI is InChI=1S/C25H25F3N6O4S/c1-14-21-23(34-8-4-3-5-9-34)19(12-29-24(21)32-31-14)38-13-16-17(27)6-7-18(22(16)28)33-39(35,36)20-10-15(26)11-30-25(20)37-2/h6-7,10-12,33H,3-5,8-9,13H2,1-2H3,(H,29,31,32). The largest absolute Gasteiger partial charge is 0.485 e. The number of benzene rings is 1. The van der Waals surface area contributed by atoms with Gasteiger partial charge < -0.3 is 14.4 Å². The van der Waals surface area contributed by atoms with Crippen molar-refractivity contribution in [3.8, 4) is 11.6 Å². The summed E-state index contributed by atoms with van der Waals surface area (Å²) in [6, 6.07) is 2.52. The van der Waals surface area contributed by atoms with E-state index in [2.05, 4.69) is 25.1 Å². The van der Waals surface area contributed by atoms with Gasteiger partial charge in [0.05, 0.1) is 41.8 Å². The minimum atomic E-state index is -4.55. The number of aromatic nitrogens is 4. The molecule has 39 heavy (non-hydrogen) atoms. The van der Waals surface area contributed by atoms with Gasteiger partial charge in [-0.3, -0.25) is 9.82 Å². The molecule has 0 radical (unpaired) electrons. The first-order valence-electron chi connectivity index (χ1n) is 12.1. The lowest BCUT2D eigenvalue weighted by Crippen LogP contribution is -2.30. The van der Waals surface area contributed by atoms with Gasteiger partial charge in [0.2, 0.25) is 5.88 Å². The molecule has 1 saturated heterocycles. The zero-order valence-corrected chi connectivity index (χ0v) is 21.9. The second kappa shape index (κ2) is 10.6. The highest BCUT2D eigenvalue weighted by Gasteiger charge is 2.26. The van der Waals surface area contributed by atoms with Gasteiger partial charge in [-0.15, -0.1) is 0 Å². The van der Waals surface area contributed by atoms with Gasteiger partial charge in [0.25, 0.3) is 10.0 Å². The number of fused-ring (bicyclic) bond motifs is 1. The molecule has 3 aromatic heterocycles. The summed E-state index contributed by atoms with van der Waals surface area (Å²) in [6.07, 6.45) is 5.30. The molecule has 4 heterocycles. The van der Waals surface area contributed by atoms with E-state index in [9.17, 15) is 17.2 Å². The van der Waals surface area contributed by atoms with E-state index in [0.717, 1.165) is 74.6 Å². The van der Waals surface area contributed by atoms with Crippen molar-refractivity contribution in [1.82, 2.24) is 20.2 Å². The normalized spacial score (nSPS) is 14.0. The molecule has 0 saturated carbocycles. The molecule has 14 heteroatoms. The number of H-pyrrole nitrogens is 1. The maximum Gasteiger partial charge on any atom is 0.267 e. The molecule has 1 aromatic carbocycles. The van der Waals surface area contributed by atoms with Crippen molar-refractivity contribution in [1.29, 1.82) is 0 Å². The van der Waals surface area contributed by atoms with Crippen molar-refractivity contribution >= 4 is 32.4 Å². The summed E-state index contributed by atoms with van der Waals surface area (Å²) < 4.78 is 82.6. The molecule has 1 fully saturated rings. The second-order valence-electron chi connectivity index (χ2n) is 9.01. The van der Waals surface area contributed by atoms with Crippen LogP contribution in [0.3, 0.4) is 0 Å². The first-order chi connectivity index (χ1) is 18.7.